The number of fused-ring (bicyclic) bond motifs is 1. The van der Waals surface area contributed by atoms with Gasteiger partial charge in [-0.05, 0) is 19.9 Å². The molecule has 0 unspecified atom stereocenters. The number of aromatic amines is 1. The molecule has 0 aliphatic rings. The van der Waals surface area contributed by atoms with Crippen molar-refractivity contribution in [3.63, 3.8) is 0 Å². The number of hydrogen-bond acceptors (Lipinski definition) is 4. The standard InChI is InChI=1S/C10H10ClN3O2/c1-5(2)16-10(15)9-13-7(11)6-3-4-12-8(6)14-9/h3-5H,1-2H3,(H,12,13,14). The van der Waals surface area contributed by atoms with E-state index in [4.69, 9.17) is 16.3 Å². The van der Waals surface area contributed by atoms with Gasteiger partial charge in [0.05, 0.1) is 11.5 Å². The molecular formula is C10H10ClN3O2. The zero-order chi connectivity index (χ0) is 11.7. The van der Waals surface area contributed by atoms with Gasteiger partial charge in [-0.15, -0.1) is 0 Å². The van der Waals surface area contributed by atoms with Crippen molar-refractivity contribution in [2.75, 3.05) is 0 Å². The van der Waals surface area contributed by atoms with Crippen molar-refractivity contribution in [1.82, 2.24) is 15.0 Å². The number of esters is 1. The van der Waals surface area contributed by atoms with E-state index in [0.717, 1.165) is 0 Å². The van der Waals surface area contributed by atoms with E-state index in [2.05, 4.69) is 15.0 Å². The van der Waals surface area contributed by atoms with E-state index in [1.807, 2.05) is 0 Å². The van der Waals surface area contributed by atoms with Crippen LogP contribution in [-0.2, 0) is 4.74 Å². The van der Waals surface area contributed by atoms with E-state index in [9.17, 15) is 4.79 Å². The van der Waals surface area contributed by atoms with Gasteiger partial charge in [0.25, 0.3) is 0 Å². The lowest BCUT2D eigenvalue weighted by Crippen LogP contribution is -2.14. The summed E-state index contributed by atoms with van der Waals surface area (Å²) in [7, 11) is 0. The molecule has 0 aromatic carbocycles. The number of ether oxygens (including phenoxy) is 1. The number of carbonyl (C=O) groups excluding carboxylic acids is 1. The number of halogens is 1. The number of rotatable bonds is 2. The number of nitrogens with zero attached hydrogens (tertiary/aromatic N) is 2. The van der Waals surface area contributed by atoms with Crippen molar-refractivity contribution in [1.29, 1.82) is 0 Å². The third kappa shape index (κ3) is 1.99. The SMILES string of the molecule is CC(C)OC(=O)c1nc(Cl)c2cc[nH]c2n1. The van der Waals surface area contributed by atoms with Crippen LogP contribution in [0.15, 0.2) is 12.3 Å². The van der Waals surface area contributed by atoms with E-state index in [-0.39, 0.29) is 17.1 Å². The van der Waals surface area contributed by atoms with E-state index < -0.39 is 5.97 Å². The normalized spacial score (nSPS) is 11.0. The Balaban J connectivity index is 2.41. The van der Waals surface area contributed by atoms with Crippen LogP contribution in [-0.4, -0.2) is 27.0 Å². The molecule has 2 aromatic heterocycles. The fourth-order valence-electron chi connectivity index (χ4n) is 1.26. The van der Waals surface area contributed by atoms with E-state index in [1.54, 1.807) is 26.1 Å². The van der Waals surface area contributed by atoms with Crippen LogP contribution in [0, 0.1) is 0 Å². The molecule has 0 aliphatic heterocycles. The van der Waals surface area contributed by atoms with Crippen LogP contribution >= 0.6 is 11.6 Å². The molecule has 1 N–H and O–H groups in total. The molecule has 0 bridgehead atoms. The van der Waals surface area contributed by atoms with Gasteiger partial charge < -0.3 is 9.72 Å². The summed E-state index contributed by atoms with van der Waals surface area (Å²) in [6, 6.07) is 1.75. The third-order valence-corrected chi connectivity index (χ3v) is 2.18. The van der Waals surface area contributed by atoms with Gasteiger partial charge in [0.2, 0.25) is 5.82 Å². The first-order valence-electron chi connectivity index (χ1n) is 4.79. The summed E-state index contributed by atoms with van der Waals surface area (Å²) in [6.45, 7) is 3.51. The van der Waals surface area contributed by atoms with Gasteiger partial charge in [0.15, 0.2) is 0 Å². The monoisotopic (exact) mass is 239 g/mol. The zero-order valence-corrected chi connectivity index (χ0v) is 9.58. The maximum Gasteiger partial charge on any atom is 0.376 e. The van der Waals surface area contributed by atoms with Gasteiger partial charge in [-0.1, -0.05) is 11.6 Å². The maximum atomic E-state index is 11.6. The Kier molecular flexibility index (Phi) is 2.78. The van der Waals surface area contributed by atoms with Crippen LogP contribution in [0.2, 0.25) is 5.15 Å². The second-order valence-electron chi connectivity index (χ2n) is 3.53. The molecule has 0 amide bonds. The second kappa shape index (κ2) is 4.09. The Morgan fingerprint density at radius 3 is 2.94 bits per heavy atom. The minimum atomic E-state index is -0.576. The molecule has 0 spiro atoms. The fourth-order valence-corrected chi connectivity index (χ4v) is 1.49. The van der Waals surface area contributed by atoms with Crippen LogP contribution in [0.3, 0.4) is 0 Å². The van der Waals surface area contributed by atoms with Crippen molar-refractivity contribution in [2.24, 2.45) is 0 Å². The lowest BCUT2D eigenvalue weighted by atomic mass is 10.4. The van der Waals surface area contributed by atoms with Crippen LogP contribution in [0.1, 0.15) is 24.5 Å². The highest BCUT2D eigenvalue weighted by molar-refractivity contribution is 6.34. The number of carbonyl (C=O) groups is 1. The number of H-pyrrole nitrogens is 1. The zero-order valence-electron chi connectivity index (χ0n) is 8.82. The number of hydrogen-bond donors (Lipinski definition) is 1. The van der Waals surface area contributed by atoms with E-state index >= 15 is 0 Å². The summed E-state index contributed by atoms with van der Waals surface area (Å²) < 4.78 is 4.98. The lowest BCUT2D eigenvalue weighted by Gasteiger charge is -2.06. The summed E-state index contributed by atoms with van der Waals surface area (Å²) in [5, 5.41) is 0.921. The van der Waals surface area contributed by atoms with Gasteiger partial charge >= 0.3 is 5.97 Å². The molecule has 0 atom stereocenters. The van der Waals surface area contributed by atoms with Gasteiger partial charge in [-0.2, -0.15) is 0 Å². The van der Waals surface area contributed by atoms with Crippen LogP contribution < -0.4 is 0 Å². The first kappa shape index (κ1) is 10.9. The van der Waals surface area contributed by atoms with Crippen molar-refractivity contribution in [2.45, 2.75) is 20.0 Å². The van der Waals surface area contributed by atoms with Gasteiger partial charge in [-0.25, -0.2) is 14.8 Å². The highest BCUT2D eigenvalue weighted by Crippen LogP contribution is 2.19. The Bertz CT molecular complexity index is 536. The van der Waals surface area contributed by atoms with Crippen molar-refractivity contribution >= 4 is 28.6 Å². The second-order valence-corrected chi connectivity index (χ2v) is 3.89. The summed E-state index contributed by atoms with van der Waals surface area (Å²) >= 11 is 5.91. The quantitative estimate of drug-likeness (QED) is 0.644. The summed E-state index contributed by atoms with van der Waals surface area (Å²) in [6.07, 6.45) is 1.47. The van der Waals surface area contributed by atoms with E-state index in [1.165, 1.54) is 0 Å². The number of aromatic nitrogens is 3. The fraction of sp³-hybridized carbons (Fsp3) is 0.300. The molecule has 2 aromatic rings. The minimum absolute atomic E-state index is 0.0337. The largest absolute Gasteiger partial charge is 0.457 e. The summed E-state index contributed by atoms with van der Waals surface area (Å²) in [5.74, 6) is -0.609. The molecule has 2 rings (SSSR count). The highest BCUT2D eigenvalue weighted by atomic mass is 35.5. The molecule has 0 saturated carbocycles. The molecule has 0 radical (unpaired) electrons. The van der Waals surface area contributed by atoms with Crippen LogP contribution in [0.4, 0.5) is 0 Å². The Morgan fingerprint density at radius 2 is 2.25 bits per heavy atom. The average molecular weight is 240 g/mol. The van der Waals surface area contributed by atoms with Crippen molar-refractivity contribution < 1.29 is 9.53 Å². The Morgan fingerprint density at radius 1 is 1.50 bits per heavy atom. The van der Waals surface area contributed by atoms with Crippen LogP contribution in [0.5, 0.6) is 0 Å². The van der Waals surface area contributed by atoms with Gasteiger partial charge in [0, 0.05) is 6.20 Å². The third-order valence-electron chi connectivity index (χ3n) is 1.89. The summed E-state index contributed by atoms with van der Waals surface area (Å²) in [5.41, 5.74) is 0.524. The molecule has 0 aliphatic carbocycles. The average Bonchev–Trinajstić information content (AvgIpc) is 2.64. The molecular weight excluding hydrogens is 230 g/mol. The molecule has 84 valence electrons. The predicted molar refractivity (Wildman–Crippen MR) is 59.5 cm³/mol. The van der Waals surface area contributed by atoms with Gasteiger partial charge in [-0.3, -0.25) is 0 Å². The Hall–Kier alpha value is -1.62. The maximum absolute atomic E-state index is 11.6. The first-order chi connectivity index (χ1) is 7.58. The van der Waals surface area contributed by atoms with Crippen LogP contribution in [0.25, 0.3) is 11.0 Å². The Labute approximate surface area is 96.8 Å². The first-order valence-corrected chi connectivity index (χ1v) is 5.17. The smallest absolute Gasteiger partial charge is 0.376 e. The molecule has 16 heavy (non-hydrogen) atoms. The molecule has 0 saturated heterocycles. The topological polar surface area (TPSA) is 67.9 Å². The number of nitrogens with one attached hydrogen (secondary N) is 1. The van der Waals surface area contributed by atoms with Crippen molar-refractivity contribution in [3.05, 3.63) is 23.2 Å². The molecule has 6 heteroatoms. The minimum Gasteiger partial charge on any atom is -0.457 e. The molecule has 5 nitrogen and oxygen atoms in total. The van der Waals surface area contributed by atoms with E-state index in [0.29, 0.717) is 11.0 Å². The van der Waals surface area contributed by atoms with Gasteiger partial charge in [0.1, 0.15) is 10.8 Å². The molecule has 2 heterocycles. The lowest BCUT2D eigenvalue weighted by molar-refractivity contribution is 0.0363. The molecule has 0 fully saturated rings. The van der Waals surface area contributed by atoms with Crippen molar-refractivity contribution in [3.8, 4) is 0 Å². The predicted octanol–water partition coefficient (Wildman–Crippen LogP) is 2.18. The summed E-state index contributed by atoms with van der Waals surface area (Å²) in [4.78, 5) is 22.3. The highest BCUT2D eigenvalue weighted by Gasteiger charge is 2.16.